The molecule has 0 aliphatic rings. The van der Waals surface area contributed by atoms with Crippen LogP contribution in [0.5, 0.6) is 0 Å². The van der Waals surface area contributed by atoms with Gasteiger partial charge in [-0.3, -0.25) is 0 Å². The molecule has 0 bridgehead atoms. The number of benzene rings is 2. The van der Waals surface area contributed by atoms with E-state index in [0.29, 0.717) is 5.69 Å². The minimum absolute atomic E-state index is 0.700. The van der Waals surface area contributed by atoms with Gasteiger partial charge in [0.05, 0.1) is 11.9 Å². The molecule has 3 rings (SSSR count). The summed E-state index contributed by atoms with van der Waals surface area (Å²) in [5.74, 6) is 0.979. The first-order chi connectivity index (χ1) is 11.2. The second-order valence-electron chi connectivity index (χ2n) is 5.74. The molecule has 0 fully saturated rings. The van der Waals surface area contributed by atoms with E-state index in [1.165, 1.54) is 11.1 Å². The van der Waals surface area contributed by atoms with Crippen molar-refractivity contribution in [3.63, 3.8) is 0 Å². The molecule has 116 valence electrons. The lowest BCUT2D eigenvalue weighted by atomic mass is 10.1. The zero-order valence-electron chi connectivity index (χ0n) is 13.3. The highest BCUT2D eigenvalue weighted by Gasteiger charge is 2.12. The molecule has 0 atom stereocenters. The van der Waals surface area contributed by atoms with Gasteiger partial charge in [0, 0.05) is 13.1 Å². The summed E-state index contributed by atoms with van der Waals surface area (Å²) in [6.45, 7) is 3.68. The Labute approximate surface area is 137 Å². The van der Waals surface area contributed by atoms with Crippen molar-refractivity contribution in [2.24, 2.45) is 0 Å². The van der Waals surface area contributed by atoms with Crippen LogP contribution in [0.15, 0.2) is 72.9 Å². The van der Waals surface area contributed by atoms with E-state index < -0.39 is 0 Å². The van der Waals surface area contributed by atoms with Crippen molar-refractivity contribution >= 4 is 11.5 Å². The average molecular weight is 303 g/mol. The number of rotatable bonds is 5. The molecule has 0 aliphatic heterocycles. The lowest BCUT2D eigenvalue weighted by Gasteiger charge is -2.26. The highest BCUT2D eigenvalue weighted by molar-refractivity contribution is 5.53. The molecule has 3 heteroatoms. The Hall–Kier alpha value is -2.81. The van der Waals surface area contributed by atoms with Gasteiger partial charge in [-0.05, 0) is 29.7 Å². The van der Waals surface area contributed by atoms with Crippen LogP contribution in [0.25, 0.3) is 0 Å². The molecule has 2 aromatic carbocycles. The van der Waals surface area contributed by atoms with Gasteiger partial charge < -0.3 is 10.6 Å². The number of hydrogen-bond acceptors (Lipinski definition) is 3. The van der Waals surface area contributed by atoms with Crippen molar-refractivity contribution in [2.75, 3.05) is 10.6 Å². The maximum Gasteiger partial charge on any atom is 0.132 e. The van der Waals surface area contributed by atoms with Gasteiger partial charge in [-0.25, -0.2) is 4.98 Å². The molecule has 1 heterocycles. The van der Waals surface area contributed by atoms with E-state index in [-0.39, 0.29) is 0 Å². The smallest absolute Gasteiger partial charge is 0.132 e. The van der Waals surface area contributed by atoms with Crippen LogP contribution in [0.1, 0.15) is 16.7 Å². The van der Waals surface area contributed by atoms with E-state index in [4.69, 9.17) is 5.73 Å². The molecule has 23 heavy (non-hydrogen) atoms. The summed E-state index contributed by atoms with van der Waals surface area (Å²) in [4.78, 5) is 6.86. The van der Waals surface area contributed by atoms with Crippen molar-refractivity contribution in [1.29, 1.82) is 0 Å². The van der Waals surface area contributed by atoms with Crippen LogP contribution in [-0.2, 0) is 13.1 Å². The van der Waals surface area contributed by atoms with Crippen molar-refractivity contribution < 1.29 is 0 Å². The van der Waals surface area contributed by atoms with Crippen LogP contribution in [0, 0.1) is 6.92 Å². The topological polar surface area (TPSA) is 42.1 Å². The second-order valence-corrected chi connectivity index (χ2v) is 5.74. The lowest BCUT2D eigenvalue weighted by molar-refractivity contribution is 0.779. The summed E-state index contributed by atoms with van der Waals surface area (Å²) in [5.41, 5.74) is 10.2. The SMILES string of the molecule is Cc1cc(N)cnc1N(Cc1ccccc1)Cc1ccccc1. The van der Waals surface area contributed by atoms with Gasteiger partial charge in [0.2, 0.25) is 0 Å². The van der Waals surface area contributed by atoms with Gasteiger partial charge in [0.15, 0.2) is 0 Å². The molecular formula is C20H21N3. The summed E-state index contributed by atoms with van der Waals surface area (Å²) < 4.78 is 0. The Morgan fingerprint density at radius 1 is 0.870 bits per heavy atom. The highest BCUT2D eigenvalue weighted by atomic mass is 15.2. The van der Waals surface area contributed by atoms with Crippen molar-refractivity contribution in [3.05, 3.63) is 89.6 Å². The van der Waals surface area contributed by atoms with Crippen molar-refractivity contribution in [2.45, 2.75) is 20.0 Å². The fourth-order valence-electron chi connectivity index (χ4n) is 2.73. The average Bonchev–Trinajstić information content (AvgIpc) is 2.56. The fraction of sp³-hybridized carbons (Fsp3) is 0.150. The summed E-state index contributed by atoms with van der Waals surface area (Å²) in [6.07, 6.45) is 1.73. The summed E-state index contributed by atoms with van der Waals surface area (Å²) in [6, 6.07) is 22.9. The quantitative estimate of drug-likeness (QED) is 0.769. The molecule has 3 nitrogen and oxygen atoms in total. The van der Waals surface area contributed by atoms with E-state index >= 15 is 0 Å². The van der Waals surface area contributed by atoms with Gasteiger partial charge in [0.1, 0.15) is 5.82 Å². The van der Waals surface area contributed by atoms with Gasteiger partial charge in [-0.2, -0.15) is 0 Å². The normalized spacial score (nSPS) is 10.5. The monoisotopic (exact) mass is 303 g/mol. The first-order valence-corrected chi connectivity index (χ1v) is 7.77. The number of nitrogen functional groups attached to an aromatic ring is 1. The largest absolute Gasteiger partial charge is 0.397 e. The van der Waals surface area contributed by atoms with Crippen LogP contribution in [0.4, 0.5) is 11.5 Å². The van der Waals surface area contributed by atoms with Gasteiger partial charge >= 0.3 is 0 Å². The summed E-state index contributed by atoms with van der Waals surface area (Å²) in [5, 5.41) is 0. The Balaban J connectivity index is 1.92. The molecule has 0 saturated heterocycles. The standard InChI is InChI=1S/C20H21N3/c1-16-12-19(21)13-22-20(16)23(14-17-8-4-2-5-9-17)15-18-10-6-3-7-11-18/h2-13H,14-15,21H2,1H3. The molecule has 0 spiro atoms. The first kappa shape index (κ1) is 15.1. The number of nitrogens with zero attached hydrogens (tertiary/aromatic N) is 2. The molecule has 0 saturated carbocycles. The van der Waals surface area contributed by atoms with E-state index in [1.807, 2.05) is 18.2 Å². The third kappa shape index (κ3) is 3.89. The third-order valence-corrected chi connectivity index (χ3v) is 3.80. The number of aryl methyl sites for hydroxylation is 1. The zero-order valence-corrected chi connectivity index (χ0v) is 13.3. The third-order valence-electron chi connectivity index (χ3n) is 3.80. The second kappa shape index (κ2) is 6.97. The summed E-state index contributed by atoms with van der Waals surface area (Å²) >= 11 is 0. The first-order valence-electron chi connectivity index (χ1n) is 7.77. The van der Waals surface area contributed by atoms with Crippen molar-refractivity contribution in [3.8, 4) is 0 Å². The minimum atomic E-state index is 0.700. The van der Waals surface area contributed by atoms with Crippen LogP contribution in [0.3, 0.4) is 0 Å². The Kier molecular flexibility index (Phi) is 4.57. The van der Waals surface area contributed by atoms with E-state index in [9.17, 15) is 0 Å². The number of anilines is 2. The molecule has 3 aromatic rings. The predicted octanol–water partition coefficient (Wildman–Crippen LogP) is 4.18. The Morgan fingerprint density at radius 3 is 1.87 bits per heavy atom. The number of pyridine rings is 1. The molecule has 0 amide bonds. The highest BCUT2D eigenvalue weighted by Crippen LogP contribution is 2.23. The Bertz CT molecular complexity index is 713. The number of aromatic nitrogens is 1. The molecular weight excluding hydrogens is 282 g/mol. The van der Waals surface area contributed by atoms with E-state index in [0.717, 1.165) is 24.5 Å². The number of nitrogens with two attached hydrogens (primary N) is 1. The van der Waals surface area contributed by atoms with Gasteiger partial charge in [0.25, 0.3) is 0 Å². The zero-order chi connectivity index (χ0) is 16.1. The van der Waals surface area contributed by atoms with Gasteiger partial charge in [-0.15, -0.1) is 0 Å². The van der Waals surface area contributed by atoms with Crippen LogP contribution < -0.4 is 10.6 Å². The van der Waals surface area contributed by atoms with Crippen LogP contribution in [0.2, 0.25) is 0 Å². The predicted molar refractivity (Wildman–Crippen MR) is 96.2 cm³/mol. The molecule has 0 radical (unpaired) electrons. The van der Waals surface area contributed by atoms with Gasteiger partial charge in [-0.1, -0.05) is 60.7 Å². The molecule has 0 aliphatic carbocycles. The maximum atomic E-state index is 5.85. The Morgan fingerprint density at radius 2 is 1.39 bits per heavy atom. The summed E-state index contributed by atoms with van der Waals surface area (Å²) in [7, 11) is 0. The number of hydrogen-bond donors (Lipinski definition) is 1. The van der Waals surface area contributed by atoms with E-state index in [1.54, 1.807) is 6.20 Å². The fourth-order valence-corrected chi connectivity index (χ4v) is 2.73. The minimum Gasteiger partial charge on any atom is -0.397 e. The van der Waals surface area contributed by atoms with Crippen molar-refractivity contribution in [1.82, 2.24) is 4.98 Å². The maximum absolute atomic E-state index is 5.85. The molecule has 2 N–H and O–H groups in total. The van der Waals surface area contributed by atoms with Crippen LogP contribution >= 0.6 is 0 Å². The van der Waals surface area contributed by atoms with E-state index in [2.05, 4.69) is 65.3 Å². The van der Waals surface area contributed by atoms with Crippen LogP contribution in [-0.4, -0.2) is 4.98 Å². The molecule has 1 aromatic heterocycles. The lowest BCUT2D eigenvalue weighted by Crippen LogP contribution is -2.24. The molecule has 0 unspecified atom stereocenters.